The molecule has 0 aliphatic rings. The standard InChI is InChI=1S/C9H6FNO4/c10-8-3-2-7(11(14)15)5-6(8)1-4-9(12)13/h1-5H,(H,12,13)/b4-1+. The molecule has 15 heavy (non-hydrogen) atoms. The smallest absolute Gasteiger partial charge is 0.328 e. The van der Waals surface area contributed by atoms with E-state index < -0.39 is 16.7 Å². The number of non-ortho nitro benzene ring substituents is 1. The summed E-state index contributed by atoms with van der Waals surface area (Å²) in [5.41, 5.74) is -0.423. The number of nitro groups is 1. The van der Waals surface area contributed by atoms with E-state index in [0.29, 0.717) is 6.08 Å². The van der Waals surface area contributed by atoms with Gasteiger partial charge in [0.2, 0.25) is 0 Å². The number of nitrogens with zero attached hydrogens (tertiary/aromatic N) is 1. The first-order valence-corrected chi connectivity index (χ1v) is 3.85. The summed E-state index contributed by atoms with van der Waals surface area (Å²) in [4.78, 5) is 19.8. The first-order chi connectivity index (χ1) is 7.00. The van der Waals surface area contributed by atoms with Gasteiger partial charge in [-0.15, -0.1) is 0 Å². The lowest BCUT2D eigenvalue weighted by molar-refractivity contribution is -0.384. The molecular weight excluding hydrogens is 205 g/mol. The van der Waals surface area contributed by atoms with Crippen molar-refractivity contribution in [1.82, 2.24) is 0 Å². The third-order valence-corrected chi connectivity index (χ3v) is 1.60. The Morgan fingerprint density at radius 3 is 2.73 bits per heavy atom. The van der Waals surface area contributed by atoms with Crippen LogP contribution in [0.4, 0.5) is 10.1 Å². The summed E-state index contributed by atoms with van der Waals surface area (Å²) in [5.74, 6) is -1.96. The van der Waals surface area contributed by atoms with Crippen molar-refractivity contribution >= 4 is 17.7 Å². The normalized spacial score (nSPS) is 10.5. The molecule has 0 aliphatic carbocycles. The van der Waals surface area contributed by atoms with Crippen LogP contribution in [0.3, 0.4) is 0 Å². The largest absolute Gasteiger partial charge is 0.478 e. The maximum Gasteiger partial charge on any atom is 0.328 e. The lowest BCUT2D eigenvalue weighted by Crippen LogP contribution is -1.91. The molecule has 0 heterocycles. The number of carbonyl (C=O) groups is 1. The molecule has 5 nitrogen and oxygen atoms in total. The number of rotatable bonds is 3. The molecule has 0 saturated heterocycles. The van der Waals surface area contributed by atoms with E-state index in [1.165, 1.54) is 0 Å². The van der Waals surface area contributed by atoms with E-state index in [2.05, 4.69) is 0 Å². The molecule has 0 aliphatic heterocycles. The van der Waals surface area contributed by atoms with Gasteiger partial charge in [0, 0.05) is 23.8 Å². The third kappa shape index (κ3) is 2.87. The van der Waals surface area contributed by atoms with Crippen LogP contribution in [0.2, 0.25) is 0 Å². The second kappa shape index (κ2) is 4.32. The van der Waals surface area contributed by atoms with E-state index in [4.69, 9.17) is 5.11 Å². The monoisotopic (exact) mass is 211 g/mol. The maximum absolute atomic E-state index is 13.0. The van der Waals surface area contributed by atoms with Crippen LogP contribution in [0.25, 0.3) is 6.08 Å². The first-order valence-electron chi connectivity index (χ1n) is 3.85. The lowest BCUT2D eigenvalue weighted by Gasteiger charge is -1.96. The van der Waals surface area contributed by atoms with Gasteiger partial charge < -0.3 is 5.11 Å². The van der Waals surface area contributed by atoms with Crippen LogP contribution in [0, 0.1) is 15.9 Å². The van der Waals surface area contributed by atoms with Crippen molar-refractivity contribution in [1.29, 1.82) is 0 Å². The molecule has 0 aromatic heterocycles. The van der Waals surface area contributed by atoms with Crippen LogP contribution in [-0.4, -0.2) is 16.0 Å². The van der Waals surface area contributed by atoms with Crippen molar-refractivity contribution in [2.45, 2.75) is 0 Å². The molecule has 0 fully saturated rings. The quantitative estimate of drug-likeness (QED) is 0.469. The zero-order chi connectivity index (χ0) is 11.4. The predicted molar refractivity (Wildman–Crippen MR) is 49.7 cm³/mol. The average Bonchev–Trinajstić information content (AvgIpc) is 2.16. The minimum absolute atomic E-state index is 0.133. The highest BCUT2D eigenvalue weighted by Gasteiger charge is 2.08. The summed E-state index contributed by atoms with van der Waals surface area (Å²) in [7, 11) is 0. The predicted octanol–water partition coefficient (Wildman–Crippen LogP) is 1.83. The van der Waals surface area contributed by atoms with Crippen molar-refractivity contribution in [3.63, 3.8) is 0 Å². The second-order valence-corrected chi connectivity index (χ2v) is 2.63. The Labute approximate surface area is 83.6 Å². The summed E-state index contributed by atoms with van der Waals surface area (Å²) in [6, 6.07) is 2.89. The van der Waals surface area contributed by atoms with Crippen LogP contribution < -0.4 is 0 Å². The minimum atomic E-state index is -1.25. The van der Waals surface area contributed by atoms with E-state index in [1.54, 1.807) is 0 Å². The molecule has 0 unspecified atom stereocenters. The Morgan fingerprint density at radius 1 is 1.53 bits per heavy atom. The number of hydrogen-bond acceptors (Lipinski definition) is 3. The van der Waals surface area contributed by atoms with E-state index in [9.17, 15) is 19.3 Å². The molecule has 0 bridgehead atoms. The third-order valence-electron chi connectivity index (χ3n) is 1.60. The summed E-state index contributed by atoms with van der Waals surface area (Å²) < 4.78 is 13.0. The molecule has 0 amide bonds. The molecule has 1 rings (SSSR count). The summed E-state index contributed by atoms with van der Waals surface area (Å²) in [5, 5.41) is 18.6. The first kappa shape index (κ1) is 10.8. The van der Waals surface area contributed by atoms with Crippen molar-refractivity contribution in [3.05, 3.63) is 45.8 Å². The Balaban J connectivity index is 3.11. The zero-order valence-electron chi connectivity index (χ0n) is 7.38. The summed E-state index contributed by atoms with van der Waals surface area (Å²) >= 11 is 0. The van der Waals surface area contributed by atoms with Crippen molar-refractivity contribution in [2.75, 3.05) is 0 Å². The van der Waals surface area contributed by atoms with Crippen molar-refractivity contribution < 1.29 is 19.2 Å². The van der Waals surface area contributed by atoms with Crippen molar-refractivity contribution in [2.24, 2.45) is 0 Å². The molecule has 1 aromatic rings. The number of nitro benzene ring substituents is 1. The number of benzene rings is 1. The van der Waals surface area contributed by atoms with Gasteiger partial charge in [0.15, 0.2) is 0 Å². The highest BCUT2D eigenvalue weighted by Crippen LogP contribution is 2.17. The molecular formula is C9H6FNO4. The van der Waals surface area contributed by atoms with E-state index in [-0.39, 0.29) is 11.3 Å². The second-order valence-electron chi connectivity index (χ2n) is 2.63. The number of aliphatic carboxylic acids is 1. The molecule has 1 N–H and O–H groups in total. The van der Waals surface area contributed by atoms with Gasteiger partial charge in [-0.3, -0.25) is 10.1 Å². The molecule has 0 radical (unpaired) electrons. The minimum Gasteiger partial charge on any atom is -0.478 e. The molecule has 78 valence electrons. The fraction of sp³-hybridized carbons (Fsp3) is 0. The van der Waals surface area contributed by atoms with Crippen LogP contribution in [-0.2, 0) is 4.79 Å². The van der Waals surface area contributed by atoms with Crippen LogP contribution >= 0.6 is 0 Å². The zero-order valence-corrected chi connectivity index (χ0v) is 7.38. The van der Waals surface area contributed by atoms with Crippen LogP contribution in [0.15, 0.2) is 24.3 Å². The fourth-order valence-electron chi connectivity index (χ4n) is 0.933. The Hall–Kier alpha value is -2.24. The Bertz CT molecular complexity index is 442. The highest BCUT2D eigenvalue weighted by molar-refractivity contribution is 5.85. The fourth-order valence-corrected chi connectivity index (χ4v) is 0.933. The lowest BCUT2D eigenvalue weighted by atomic mass is 10.2. The molecule has 1 aromatic carbocycles. The summed E-state index contributed by atoms with van der Waals surface area (Å²) in [6.07, 6.45) is 1.67. The summed E-state index contributed by atoms with van der Waals surface area (Å²) in [6.45, 7) is 0. The van der Waals surface area contributed by atoms with Gasteiger partial charge in [0.1, 0.15) is 5.82 Å². The van der Waals surface area contributed by atoms with Gasteiger partial charge in [-0.25, -0.2) is 9.18 Å². The molecule has 6 heteroatoms. The highest BCUT2D eigenvalue weighted by atomic mass is 19.1. The van der Waals surface area contributed by atoms with Crippen LogP contribution in [0.5, 0.6) is 0 Å². The number of carboxylic acids is 1. The van der Waals surface area contributed by atoms with E-state index in [0.717, 1.165) is 24.3 Å². The SMILES string of the molecule is O=C(O)/C=C/c1cc([N+](=O)[O-])ccc1F. The van der Waals surface area contributed by atoms with Crippen LogP contribution in [0.1, 0.15) is 5.56 Å². The molecule has 0 saturated carbocycles. The Morgan fingerprint density at radius 2 is 2.20 bits per heavy atom. The van der Waals surface area contributed by atoms with E-state index >= 15 is 0 Å². The molecule has 0 atom stereocenters. The number of halogens is 1. The number of carboxylic acid groups (broad SMARTS) is 1. The topological polar surface area (TPSA) is 80.4 Å². The van der Waals surface area contributed by atoms with Gasteiger partial charge in [0.05, 0.1) is 4.92 Å². The van der Waals surface area contributed by atoms with Gasteiger partial charge >= 0.3 is 5.97 Å². The van der Waals surface area contributed by atoms with Gasteiger partial charge in [0.25, 0.3) is 5.69 Å². The van der Waals surface area contributed by atoms with Gasteiger partial charge in [-0.1, -0.05) is 0 Å². The van der Waals surface area contributed by atoms with Crippen molar-refractivity contribution in [3.8, 4) is 0 Å². The van der Waals surface area contributed by atoms with E-state index in [1.807, 2.05) is 0 Å². The average molecular weight is 211 g/mol. The molecule has 0 spiro atoms. The van der Waals surface area contributed by atoms with Gasteiger partial charge in [-0.05, 0) is 12.1 Å². The number of hydrogen-bond donors (Lipinski definition) is 1. The Kier molecular flexibility index (Phi) is 3.12. The maximum atomic E-state index is 13.0. The van der Waals surface area contributed by atoms with Gasteiger partial charge in [-0.2, -0.15) is 0 Å².